The lowest BCUT2D eigenvalue weighted by molar-refractivity contribution is -0.303. The number of carbonyl (C=O) groups is 1. The summed E-state index contributed by atoms with van der Waals surface area (Å²) in [6.07, 6.45) is 65.7. The highest BCUT2D eigenvalue weighted by Gasteiger charge is 2.44. The van der Waals surface area contributed by atoms with Crippen LogP contribution in [-0.2, 0) is 14.3 Å². The Bertz CT molecular complexity index is 1400. The minimum atomic E-state index is -1.67. The maximum Gasteiger partial charge on any atom is 0.249 e. The molecule has 0 aromatic heterocycles. The van der Waals surface area contributed by atoms with Gasteiger partial charge >= 0.3 is 0 Å². The Morgan fingerprint density at radius 3 is 1.04 bits per heavy atom. The summed E-state index contributed by atoms with van der Waals surface area (Å²) in [6, 6.07) is -1.18. The average molecular weight is 1180 g/mol. The van der Waals surface area contributed by atoms with Crippen molar-refractivity contribution in [2.45, 2.75) is 416 Å². The van der Waals surface area contributed by atoms with Gasteiger partial charge in [-0.05, 0) is 64.2 Å². The summed E-state index contributed by atoms with van der Waals surface area (Å²) in [5.74, 6) is -0.700. The second-order valence-corrected chi connectivity index (χ2v) is 25.7. The number of allylic oxidation sites excluding steroid dienone is 4. The highest BCUT2D eigenvalue weighted by atomic mass is 16.7. The zero-order valence-electron chi connectivity index (χ0n) is 54.5. The summed E-state index contributed by atoms with van der Waals surface area (Å²) in [5.41, 5.74) is 0. The Morgan fingerprint density at radius 1 is 0.410 bits per heavy atom. The van der Waals surface area contributed by atoms with E-state index >= 15 is 0 Å². The predicted octanol–water partition coefficient (Wildman–Crippen LogP) is 17.6. The first-order valence-corrected chi connectivity index (χ1v) is 36.2. The molecular weight excluding hydrogens is 1040 g/mol. The number of hydrogen-bond donors (Lipinski definition) is 8. The second-order valence-electron chi connectivity index (χ2n) is 25.7. The Labute approximate surface area is 512 Å². The van der Waals surface area contributed by atoms with Gasteiger partial charge in [0.1, 0.15) is 36.6 Å². The Morgan fingerprint density at radius 2 is 0.711 bits per heavy atom. The van der Waals surface area contributed by atoms with Gasteiger partial charge in [0.05, 0.1) is 25.4 Å². The lowest BCUT2D eigenvalue weighted by atomic mass is 9.98. The second kappa shape index (κ2) is 60.9. The van der Waals surface area contributed by atoms with Crippen LogP contribution in [0.15, 0.2) is 24.3 Å². The Kier molecular flexibility index (Phi) is 58.4. The maximum absolute atomic E-state index is 13.2. The zero-order valence-corrected chi connectivity index (χ0v) is 54.5. The van der Waals surface area contributed by atoms with E-state index in [1.54, 1.807) is 0 Å². The number of nitrogens with one attached hydrogen (secondary N) is 1. The van der Waals surface area contributed by atoms with E-state index in [0.717, 1.165) is 38.5 Å². The molecule has 0 bridgehead atoms. The Hall–Kier alpha value is -1.41. The fourth-order valence-electron chi connectivity index (χ4n) is 11.9. The van der Waals surface area contributed by atoms with Crippen LogP contribution < -0.4 is 5.32 Å². The number of amides is 1. The summed E-state index contributed by atoms with van der Waals surface area (Å²) in [6.45, 7) is 3.50. The third-order valence-electron chi connectivity index (χ3n) is 17.7. The van der Waals surface area contributed by atoms with Crippen LogP contribution >= 0.6 is 0 Å². The molecule has 0 aromatic carbocycles. The van der Waals surface area contributed by atoms with Crippen LogP contribution in [0, 0.1) is 0 Å². The van der Waals surface area contributed by atoms with Crippen molar-refractivity contribution in [2.24, 2.45) is 0 Å². The molecule has 0 aliphatic carbocycles. The van der Waals surface area contributed by atoms with E-state index in [0.29, 0.717) is 12.8 Å². The summed E-state index contributed by atoms with van der Waals surface area (Å²) in [7, 11) is 0. The molecule has 492 valence electrons. The largest absolute Gasteiger partial charge is 0.394 e. The maximum atomic E-state index is 13.2. The molecule has 1 rings (SSSR count). The van der Waals surface area contributed by atoms with Crippen LogP contribution in [0.1, 0.15) is 361 Å². The van der Waals surface area contributed by atoms with Crippen molar-refractivity contribution in [3.05, 3.63) is 24.3 Å². The standard InChI is InChI=1S/C72H139NO10/c1-3-5-7-9-11-13-15-17-19-21-23-25-26-27-28-29-30-31-32-33-34-35-36-37-38-39-40-42-44-46-48-50-52-54-56-58-60-65(76)71(81)73-63(62-82-72-70(80)69(79)68(78)66(61-74)83-72)67(77)64(75)59-57-55-53-51-49-47-45-43-41-24-22-20-18-16-14-12-10-8-6-4-2/h31-32,51,53,63-70,72,74-80H,3-30,33-50,52,54-62H2,1-2H3,(H,73,81)/b32-31-,53-51+. The van der Waals surface area contributed by atoms with E-state index < -0.39 is 74.2 Å². The van der Waals surface area contributed by atoms with Gasteiger partial charge in [0, 0.05) is 0 Å². The van der Waals surface area contributed by atoms with E-state index in [1.165, 1.54) is 283 Å². The normalized spacial score (nSPS) is 19.1. The van der Waals surface area contributed by atoms with Gasteiger partial charge < -0.3 is 50.5 Å². The van der Waals surface area contributed by atoms with E-state index in [-0.39, 0.29) is 12.8 Å². The summed E-state index contributed by atoms with van der Waals surface area (Å²) < 4.78 is 11.2. The quantitative estimate of drug-likeness (QED) is 0.0215. The number of aliphatic hydroxyl groups is 7. The lowest BCUT2D eigenvalue weighted by Gasteiger charge is -2.40. The van der Waals surface area contributed by atoms with Crippen molar-refractivity contribution >= 4 is 5.91 Å². The van der Waals surface area contributed by atoms with Crippen molar-refractivity contribution in [1.29, 1.82) is 0 Å². The first kappa shape index (κ1) is 79.6. The van der Waals surface area contributed by atoms with Crippen LogP contribution in [0.25, 0.3) is 0 Å². The van der Waals surface area contributed by atoms with Gasteiger partial charge in [0.25, 0.3) is 0 Å². The van der Waals surface area contributed by atoms with Gasteiger partial charge in [0.15, 0.2) is 6.29 Å². The van der Waals surface area contributed by atoms with Crippen LogP contribution in [0.5, 0.6) is 0 Å². The fourth-order valence-corrected chi connectivity index (χ4v) is 11.9. The molecule has 8 N–H and O–H groups in total. The molecule has 1 heterocycles. The summed E-state index contributed by atoms with van der Waals surface area (Å²) >= 11 is 0. The van der Waals surface area contributed by atoms with Crippen LogP contribution in [0.2, 0.25) is 0 Å². The lowest BCUT2D eigenvalue weighted by Crippen LogP contribution is -2.60. The molecule has 9 unspecified atom stereocenters. The molecule has 0 radical (unpaired) electrons. The molecule has 11 nitrogen and oxygen atoms in total. The molecular formula is C72H139NO10. The van der Waals surface area contributed by atoms with Gasteiger partial charge in [-0.3, -0.25) is 4.79 Å². The highest BCUT2D eigenvalue weighted by molar-refractivity contribution is 5.80. The van der Waals surface area contributed by atoms with E-state index in [1.807, 2.05) is 0 Å². The number of aliphatic hydroxyl groups excluding tert-OH is 7. The van der Waals surface area contributed by atoms with Gasteiger partial charge in [-0.15, -0.1) is 0 Å². The van der Waals surface area contributed by atoms with Gasteiger partial charge in [0.2, 0.25) is 5.91 Å². The first-order chi connectivity index (χ1) is 40.7. The fraction of sp³-hybridized carbons (Fsp3) is 0.931. The topological polar surface area (TPSA) is 189 Å². The molecule has 11 heteroatoms. The molecule has 0 spiro atoms. The SMILES string of the molecule is CCCCCCCCCCCCCCCCC/C=C/CCCC(O)C(O)C(COC1OC(CO)C(O)C(O)C1O)NC(=O)C(O)CCCCCCCCCCCCCCCCCC/C=C\CCCCCCCCCCCCCCCCCC. The zero-order chi connectivity index (χ0) is 60.3. The van der Waals surface area contributed by atoms with Crippen molar-refractivity contribution < 1.29 is 50.0 Å². The minimum absolute atomic E-state index is 0.257. The molecule has 1 aliphatic rings. The molecule has 1 aliphatic heterocycles. The van der Waals surface area contributed by atoms with E-state index in [9.17, 15) is 40.5 Å². The Balaban J connectivity index is 2.15. The molecule has 9 atom stereocenters. The average Bonchev–Trinajstić information content (AvgIpc) is 3.68. The van der Waals surface area contributed by atoms with Gasteiger partial charge in [-0.2, -0.15) is 0 Å². The molecule has 0 saturated carbocycles. The predicted molar refractivity (Wildman–Crippen MR) is 349 cm³/mol. The van der Waals surface area contributed by atoms with Crippen molar-refractivity contribution in [2.75, 3.05) is 13.2 Å². The van der Waals surface area contributed by atoms with Crippen molar-refractivity contribution in [3.63, 3.8) is 0 Å². The molecule has 1 fully saturated rings. The summed E-state index contributed by atoms with van der Waals surface area (Å²) in [5, 5.41) is 76.4. The highest BCUT2D eigenvalue weighted by Crippen LogP contribution is 2.24. The monoisotopic (exact) mass is 1180 g/mol. The van der Waals surface area contributed by atoms with Crippen LogP contribution in [0.4, 0.5) is 0 Å². The van der Waals surface area contributed by atoms with E-state index in [4.69, 9.17) is 9.47 Å². The third kappa shape index (κ3) is 48.2. The number of carbonyl (C=O) groups excluding carboxylic acids is 1. The van der Waals surface area contributed by atoms with Gasteiger partial charge in [-0.25, -0.2) is 0 Å². The first-order valence-electron chi connectivity index (χ1n) is 36.2. The number of ether oxygens (including phenoxy) is 2. The van der Waals surface area contributed by atoms with Gasteiger partial charge in [-0.1, -0.05) is 321 Å². The van der Waals surface area contributed by atoms with Crippen LogP contribution in [0.3, 0.4) is 0 Å². The summed E-state index contributed by atoms with van der Waals surface area (Å²) in [4.78, 5) is 13.2. The molecule has 1 amide bonds. The molecule has 83 heavy (non-hydrogen) atoms. The molecule has 1 saturated heterocycles. The van der Waals surface area contributed by atoms with Crippen molar-refractivity contribution in [3.8, 4) is 0 Å². The van der Waals surface area contributed by atoms with E-state index in [2.05, 4.69) is 43.5 Å². The number of hydrogen-bond acceptors (Lipinski definition) is 10. The number of unbranched alkanes of at least 4 members (excludes halogenated alkanes) is 48. The molecule has 0 aromatic rings. The third-order valence-corrected chi connectivity index (χ3v) is 17.7. The van der Waals surface area contributed by atoms with Crippen molar-refractivity contribution in [1.82, 2.24) is 5.32 Å². The smallest absolute Gasteiger partial charge is 0.249 e. The number of rotatable bonds is 64. The minimum Gasteiger partial charge on any atom is -0.394 e. The van der Waals surface area contributed by atoms with Crippen LogP contribution in [-0.4, -0.2) is 110 Å².